The zero-order chi connectivity index (χ0) is 15.2. The summed E-state index contributed by atoms with van der Waals surface area (Å²) in [7, 11) is -3.69. The number of aromatic nitrogens is 1. The smallest absolute Gasteiger partial charge is 0.352 e. The van der Waals surface area contributed by atoms with Crippen molar-refractivity contribution in [1.82, 2.24) is 8.87 Å². The number of sulfonamides is 1. The Morgan fingerprint density at radius 1 is 1.19 bits per heavy atom. The normalized spacial score (nSPS) is 21.6. The number of rotatable bonds is 4. The molecule has 0 bridgehead atoms. The van der Waals surface area contributed by atoms with Crippen molar-refractivity contribution in [2.75, 3.05) is 13.1 Å². The number of carboxylic acids is 1. The molecule has 8 heteroatoms. The summed E-state index contributed by atoms with van der Waals surface area (Å²) in [6, 6.07) is 1.34. The van der Waals surface area contributed by atoms with E-state index in [9.17, 15) is 23.4 Å². The van der Waals surface area contributed by atoms with Crippen LogP contribution < -0.4 is 0 Å². The van der Waals surface area contributed by atoms with E-state index in [1.807, 2.05) is 0 Å². The fourth-order valence-electron chi connectivity index (χ4n) is 2.65. The molecule has 1 saturated heterocycles. The number of carboxylic acid groups (broad SMARTS) is 1. The highest BCUT2D eigenvalue weighted by molar-refractivity contribution is 7.89. The van der Waals surface area contributed by atoms with Crippen molar-refractivity contribution in [3.8, 4) is 0 Å². The lowest BCUT2D eigenvalue weighted by atomic mass is 10.1. The number of nitrogens with zero attached hydrogens (tertiary/aromatic N) is 2. The van der Waals surface area contributed by atoms with E-state index >= 15 is 0 Å². The summed E-state index contributed by atoms with van der Waals surface area (Å²) in [6.45, 7) is 0.529. The number of aliphatic hydroxyl groups excluding tert-OH is 1. The lowest BCUT2D eigenvalue weighted by Crippen LogP contribution is -2.39. The standard InChI is InChI=1S/C13H18N2O5S/c16-10-3-5-14(6-4-10)21(19,20)11-7-12(13(17)18)15(8-11)9-1-2-9/h7-10,16H,1-6H2,(H,17,18). The summed E-state index contributed by atoms with van der Waals surface area (Å²) in [5, 5.41) is 18.7. The zero-order valence-corrected chi connectivity index (χ0v) is 12.3. The number of hydrogen-bond acceptors (Lipinski definition) is 4. The van der Waals surface area contributed by atoms with Crippen LogP contribution in [0.4, 0.5) is 0 Å². The second kappa shape index (κ2) is 5.11. The van der Waals surface area contributed by atoms with Crippen LogP contribution in [0.1, 0.15) is 42.2 Å². The molecule has 1 saturated carbocycles. The Balaban J connectivity index is 1.92. The first kappa shape index (κ1) is 14.6. The van der Waals surface area contributed by atoms with Gasteiger partial charge in [-0.1, -0.05) is 0 Å². The van der Waals surface area contributed by atoms with Gasteiger partial charge in [0.05, 0.1) is 6.10 Å². The minimum absolute atomic E-state index is 0.0214. The summed E-state index contributed by atoms with van der Waals surface area (Å²) >= 11 is 0. The third-order valence-corrected chi connectivity index (χ3v) is 5.91. The second-order valence-electron chi connectivity index (χ2n) is 5.64. The maximum Gasteiger partial charge on any atom is 0.352 e. The molecule has 7 nitrogen and oxygen atoms in total. The average Bonchev–Trinajstić information content (AvgIpc) is 3.17. The highest BCUT2D eigenvalue weighted by Gasteiger charge is 2.34. The first-order valence-electron chi connectivity index (χ1n) is 7.03. The second-order valence-corrected chi connectivity index (χ2v) is 7.58. The van der Waals surface area contributed by atoms with Gasteiger partial charge in [-0.2, -0.15) is 4.31 Å². The van der Waals surface area contributed by atoms with Crippen molar-refractivity contribution in [2.24, 2.45) is 0 Å². The molecular weight excluding hydrogens is 296 g/mol. The van der Waals surface area contributed by atoms with Gasteiger partial charge in [0.1, 0.15) is 10.6 Å². The topological polar surface area (TPSA) is 99.8 Å². The fraction of sp³-hybridized carbons (Fsp3) is 0.615. The molecular formula is C13H18N2O5S. The quantitative estimate of drug-likeness (QED) is 0.850. The highest BCUT2D eigenvalue weighted by Crippen LogP contribution is 2.37. The van der Waals surface area contributed by atoms with Crippen LogP contribution >= 0.6 is 0 Å². The molecule has 3 rings (SSSR count). The number of aromatic carboxylic acids is 1. The minimum Gasteiger partial charge on any atom is -0.477 e. The molecule has 0 amide bonds. The Bertz CT molecular complexity index is 654. The molecule has 116 valence electrons. The van der Waals surface area contributed by atoms with Crippen molar-refractivity contribution in [1.29, 1.82) is 0 Å². The van der Waals surface area contributed by atoms with Crippen LogP contribution in [-0.2, 0) is 10.0 Å². The van der Waals surface area contributed by atoms with Crippen LogP contribution in [0, 0.1) is 0 Å². The Morgan fingerprint density at radius 3 is 2.33 bits per heavy atom. The summed E-state index contributed by atoms with van der Waals surface area (Å²) < 4.78 is 28.0. The van der Waals surface area contributed by atoms with Crippen LogP contribution in [0.25, 0.3) is 0 Å². The van der Waals surface area contributed by atoms with Crippen LogP contribution in [0.15, 0.2) is 17.2 Å². The summed E-state index contributed by atoms with van der Waals surface area (Å²) in [5.41, 5.74) is 0.0214. The molecule has 0 aromatic carbocycles. The molecule has 0 spiro atoms. The molecule has 0 radical (unpaired) electrons. The molecule has 0 unspecified atom stereocenters. The average molecular weight is 314 g/mol. The van der Waals surface area contributed by atoms with Crippen LogP contribution in [0.5, 0.6) is 0 Å². The summed E-state index contributed by atoms with van der Waals surface area (Å²) in [4.78, 5) is 11.3. The van der Waals surface area contributed by atoms with Crippen LogP contribution in [0.3, 0.4) is 0 Å². The van der Waals surface area contributed by atoms with Gasteiger partial charge in [-0.3, -0.25) is 0 Å². The molecule has 2 heterocycles. The van der Waals surface area contributed by atoms with E-state index in [0.717, 1.165) is 12.8 Å². The molecule has 2 N–H and O–H groups in total. The van der Waals surface area contributed by atoms with E-state index in [4.69, 9.17) is 0 Å². The first-order chi connectivity index (χ1) is 9.89. The lowest BCUT2D eigenvalue weighted by Gasteiger charge is -2.28. The van der Waals surface area contributed by atoms with E-state index in [-0.39, 0.29) is 29.7 Å². The van der Waals surface area contributed by atoms with Gasteiger partial charge >= 0.3 is 5.97 Å². The fourth-order valence-corrected chi connectivity index (χ4v) is 4.15. The number of piperidine rings is 1. The Kier molecular flexibility index (Phi) is 3.54. The van der Waals surface area contributed by atoms with E-state index in [2.05, 4.69) is 0 Å². The summed E-state index contributed by atoms with van der Waals surface area (Å²) in [5.74, 6) is -1.11. The third-order valence-electron chi connectivity index (χ3n) is 4.04. The van der Waals surface area contributed by atoms with Crippen LogP contribution in [-0.4, -0.2) is 52.7 Å². The number of aliphatic hydroxyl groups is 1. The van der Waals surface area contributed by atoms with Gasteiger partial charge in [-0.25, -0.2) is 13.2 Å². The lowest BCUT2D eigenvalue weighted by molar-refractivity contribution is 0.0685. The molecule has 1 aromatic heterocycles. The van der Waals surface area contributed by atoms with Gasteiger partial charge in [0.2, 0.25) is 10.0 Å². The third kappa shape index (κ3) is 2.70. The van der Waals surface area contributed by atoms with E-state index in [1.165, 1.54) is 16.6 Å². The van der Waals surface area contributed by atoms with Crippen molar-refractivity contribution in [3.63, 3.8) is 0 Å². The largest absolute Gasteiger partial charge is 0.477 e. The van der Waals surface area contributed by atoms with Crippen molar-refractivity contribution in [3.05, 3.63) is 18.0 Å². The Labute approximate surface area is 122 Å². The number of hydrogen-bond donors (Lipinski definition) is 2. The molecule has 2 aliphatic rings. The van der Waals surface area contributed by atoms with Gasteiger partial charge in [0.25, 0.3) is 0 Å². The monoisotopic (exact) mass is 314 g/mol. The molecule has 1 aliphatic carbocycles. The predicted molar refractivity (Wildman–Crippen MR) is 73.7 cm³/mol. The summed E-state index contributed by atoms with van der Waals surface area (Å²) in [6.07, 6.45) is 3.56. The predicted octanol–water partition coefficient (Wildman–Crippen LogP) is 0.667. The zero-order valence-electron chi connectivity index (χ0n) is 11.5. The molecule has 1 aliphatic heterocycles. The maximum absolute atomic E-state index is 12.6. The highest BCUT2D eigenvalue weighted by atomic mass is 32.2. The Morgan fingerprint density at radius 2 is 1.81 bits per heavy atom. The molecule has 21 heavy (non-hydrogen) atoms. The molecule has 1 aromatic rings. The number of carbonyl (C=O) groups is 1. The van der Waals surface area contributed by atoms with Gasteiger partial charge in [0, 0.05) is 25.3 Å². The van der Waals surface area contributed by atoms with Gasteiger partial charge in [0.15, 0.2) is 0 Å². The Hall–Kier alpha value is -1.38. The van der Waals surface area contributed by atoms with E-state index < -0.39 is 22.1 Å². The first-order valence-corrected chi connectivity index (χ1v) is 8.47. The van der Waals surface area contributed by atoms with Crippen molar-refractivity contribution >= 4 is 16.0 Å². The van der Waals surface area contributed by atoms with Gasteiger partial charge < -0.3 is 14.8 Å². The molecule has 0 atom stereocenters. The van der Waals surface area contributed by atoms with Crippen LogP contribution in [0.2, 0.25) is 0 Å². The van der Waals surface area contributed by atoms with E-state index in [1.54, 1.807) is 4.57 Å². The van der Waals surface area contributed by atoms with Crippen molar-refractivity contribution < 1.29 is 23.4 Å². The van der Waals surface area contributed by atoms with Crippen molar-refractivity contribution in [2.45, 2.75) is 42.7 Å². The van der Waals surface area contributed by atoms with E-state index in [0.29, 0.717) is 12.8 Å². The SMILES string of the molecule is O=C(O)c1cc(S(=O)(=O)N2CCC(O)CC2)cn1C1CC1. The molecule has 2 fully saturated rings. The van der Waals surface area contributed by atoms with Gasteiger partial charge in [-0.05, 0) is 31.7 Å². The van der Waals surface area contributed by atoms with Gasteiger partial charge in [-0.15, -0.1) is 0 Å². The minimum atomic E-state index is -3.69. The maximum atomic E-state index is 12.6.